The van der Waals surface area contributed by atoms with Crippen LogP contribution >= 0.6 is 0 Å². The van der Waals surface area contributed by atoms with Gasteiger partial charge in [-0.3, -0.25) is 14.3 Å². The molecule has 0 radical (unpaired) electrons. The van der Waals surface area contributed by atoms with Crippen LogP contribution in [0.25, 0.3) is 0 Å². The highest BCUT2D eigenvalue weighted by Gasteiger charge is 2.60. The summed E-state index contributed by atoms with van der Waals surface area (Å²) >= 11 is 0. The molecule has 3 aromatic rings. The van der Waals surface area contributed by atoms with Crippen molar-refractivity contribution in [1.82, 2.24) is 9.55 Å². The number of aromatic nitrogens is 2. The second-order valence-corrected chi connectivity index (χ2v) is 8.83. The molecule has 1 aromatic heterocycles. The molecule has 5 rings (SSSR count). The van der Waals surface area contributed by atoms with Crippen molar-refractivity contribution in [2.24, 2.45) is 0 Å². The van der Waals surface area contributed by atoms with Gasteiger partial charge in [0.2, 0.25) is 0 Å². The van der Waals surface area contributed by atoms with Crippen molar-refractivity contribution in [3.63, 3.8) is 0 Å². The summed E-state index contributed by atoms with van der Waals surface area (Å²) in [5, 5.41) is 0. The Hall–Kier alpha value is -3.04. The van der Waals surface area contributed by atoms with E-state index in [4.69, 9.17) is 18.9 Å². The predicted octanol–water partition coefficient (Wildman–Crippen LogP) is 2.70. The summed E-state index contributed by atoms with van der Waals surface area (Å²) in [5.41, 5.74) is 0.758. The van der Waals surface area contributed by atoms with Gasteiger partial charge in [-0.15, -0.1) is 0 Å². The minimum Gasteiger partial charge on any atom is -0.374 e. The topological polar surface area (TPSA) is 91.8 Å². The molecule has 3 heterocycles. The van der Waals surface area contributed by atoms with Crippen molar-refractivity contribution in [1.29, 1.82) is 0 Å². The monoisotopic (exact) mass is 464 g/mol. The maximum atomic E-state index is 12.7. The number of fused-ring (bicyclic) bond motifs is 2. The van der Waals surface area contributed by atoms with E-state index < -0.39 is 35.3 Å². The lowest BCUT2D eigenvalue weighted by Crippen LogP contribution is -2.53. The minimum absolute atomic E-state index is 0.287. The normalized spacial score (nSPS) is 26.0. The molecule has 1 N–H and O–H groups in total. The molecule has 2 aliphatic rings. The molecule has 4 atom stereocenters. The molecule has 0 spiro atoms. The van der Waals surface area contributed by atoms with Crippen LogP contribution in [0, 0.1) is 6.92 Å². The zero-order chi connectivity index (χ0) is 23.5. The molecule has 0 aliphatic carbocycles. The third-order valence-corrected chi connectivity index (χ3v) is 6.44. The molecular formula is C26H28N2O6. The number of nitrogens with zero attached hydrogens (tertiary/aromatic N) is 1. The van der Waals surface area contributed by atoms with Gasteiger partial charge < -0.3 is 18.9 Å². The van der Waals surface area contributed by atoms with Crippen molar-refractivity contribution >= 4 is 0 Å². The van der Waals surface area contributed by atoms with Gasteiger partial charge in [-0.05, 0) is 18.1 Å². The molecule has 0 saturated carbocycles. The van der Waals surface area contributed by atoms with Crippen molar-refractivity contribution in [3.8, 4) is 0 Å². The molecule has 0 amide bonds. The summed E-state index contributed by atoms with van der Waals surface area (Å²) in [6.45, 7) is 3.21. The second-order valence-electron chi connectivity index (χ2n) is 8.83. The van der Waals surface area contributed by atoms with Gasteiger partial charge in [-0.25, -0.2) is 4.79 Å². The molecule has 8 nitrogen and oxygen atoms in total. The maximum absolute atomic E-state index is 12.7. The number of hydrogen-bond donors (Lipinski definition) is 1. The van der Waals surface area contributed by atoms with E-state index in [2.05, 4.69) is 4.98 Å². The first-order chi connectivity index (χ1) is 16.6. The Labute approximate surface area is 197 Å². The van der Waals surface area contributed by atoms with Crippen LogP contribution in [0.2, 0.25) is 0 Å². The molecule has 2 saturated heterocycles. The fourth-order valence-electron chi connectivity index (χ4n) is 4.66. The number of hydrogen-bond acceptors (Lipinski definition) is 6. The first-order valence-electron chi connectivity index (χ1n) is 11.4. The van der Waals surface area contributed by atoms with E-state index in [1.807, 2.05) is 60.7 Å². The molecule has 34 heavy (non-hydrogen) atoms. The summed E-state index contributed by atoms with van der Waals surface area (Å²) in [6, 6.07) is 19.8. The molecule has 2 aromatic carbocycles. The Morgan fingerprint density at radius 1 is 1.03 bits per heavy atom. The average Bonchev–Trinajstić information content (AvgIpc) is 3.01. The zero-order valence-electron chi connectivity index (χ0n) is 19.0. The van der Waals surface area contributed by atoms with Gasteiger partial charge in [-0.1, -0.05) is 60.7 Å². The Kier molecular flexibility index (Phi) is 6.47. The SMILES string of the molecule is Cc1cn([C@@H]2O[C@@]3(COCc4ccccc4)CCO[C@@H]2[C@@H]3OCc2ccccc2)c(=O)[nH]c1=O. The summed E-state index contributed by atoms with van der Waals surface area (Å²) in [4.78, 5) is 26.9. The third-order valence-electron chi connectivity index (χ3n) is 6.44. The van der Waals surface area contributed by atoms with Gasteiger partial charge in [0.15, 0.2) is 6.23 Å². The van der Waals surface area contributed by atoms with Gasteiger partial charge in [-0.2, -0.15) is 0 Å². The van der Waals surface area contributed by atoms with Crippen LogP contribution in [0.1, 0.15) is 29.3 Å². The smallest absolute Gasteiger partial charge is 0.330 e. The molecule has 2 aliphatic heterocycles. The van der Waals surface area contributed by atoms with E-state index in [1.165, 1.54) is 10.8 Å². The van der Waals surface area contributed by atoms with Crippen LogP contribution in [0.15, 0.2) is 76.4 Å². The van der Waals surface area contributed by atoms with E-state index in [1.54, 1.807) is 6.92 Å². The van der Waals surface area contributed by atoms with Crippen molar-refractivity contribution in [2.45, 2.75) is 50.6 Å². The van der Waals surface area contributed by atoms with Gasteiger partial charge in [0.1, 0.15) is 17.8 Å². The first kappa shape index (κ1) is 22.7. The highest BCUT2D eigenvalue weighted by atomic mass is 16.6. The number of aromatic amines is 1. The van der Waals surface area contributed by atoms with Crippen molar-refractivity contribution in [2.75, 3.05) is 13.2 Å². The van der Waals surface area contributed by atoms with Gasteiger partial charge >= 0.3 is 5.69 Å². The van der Waals surface area contributed by atoms with E-state index in [0.717, 1.165) is 11.1 Å². The Morgan fingerprint density at radius 3 is 2.41 bits per heavy atom. The number of aryl methyl sites for hydroxylation is 1. The molecular weight excluding hydrogens is 436 g/mol. The zero-order valence-corrected chi connectivity index (χ0v) is 19.0. The summed E-state index contributed by atoms with van der Waals surface area (Å²) < 4.78 is 26.5. The largest absolute Gasteiger partial charge is 0.374 e. The van der Waals surface area contributed by atoms with Gasteiger partial charge in [0.25, 0.3) is 5.56 Å². The van der Waals surface area contributed by atoms with E-state index in [0.29, 0.717) is 31.8 Å². The highest BCUT2D eigenvalue weighted by Crippen LogP contribution is 2.46. The standard InChI is InChI=1S/C26H28N2O6/c1-18-14-28(25(30)27-23(18)29)24-21-22(33-16-20-10-6-3-7-11-20)26(34-24,12-13-32-21)17-31-15-19-8-4-2-5-9-19/h2-11,14,21-22,24H,12-13,15-17H2,1H3,(H,27,29,30)/t21-,22+,24-,26-/m1/s1. The fourth-order valence-corrected chi connectivity index (χ4v) is 4.66. The van der Waals surface area contributed by atoms with E-state index in [9.17, 15) is 9.59 Å². The summed E-state index contributed by atoms with van der Waals surface area (Å²) in [7, 11) is 0. The number of ether oxygens (including phenoxy) is 4. The molecule has 0 unspecified atom stereocenters. The second kappa shape index (κ2) is 9.68. The van der Waals surface area contributed by atoms with Crippen molar-refractivity contribution < 1.29 is 18.9 Å². The lowest BCUT2D eigenvalue weighted by atomic mass is 9.90. The van der Waals surface area contributed by atoms with Crippen molar-refractivity contribution in [3.05, 3.63) is 104 Å². The quantitative estimate of drug-likeness (QED) is 0.551. The van der Waals surface area contributed by atoms with Crippen LogP contribution in [0.4, 0.5) is 0 Å². The molecule has 2 fully saturated rings. The number of rotatable bonds is 8. The summed E-state index contributed by atoms with van der Waals surface area (Å²) in [6.07, 6.45) is 0.349. The fraction of sp³-hybridized carbons (Fsp3) is 0.385. The molecule has 2 bridgehead atoms. The minimum atomic E-state index is -0.791. The van der Waals surface area contributed by atoms with Gasteiger partial charge in [0, 0.05) is 18.2 Å². The Morgan fingerprint density at radius 2 is 1.71 bits per heavy atom. The maximum Gasteiger partial charge on any atom is 0.330 e. The summed E-state index contributed by atoms with van der Waals surface area (Å²) in [5.74, 6) is 0. The number of benzene rings is 2. The highest BCUT2D eigenvalue weighted by molar-refractivity contribution is 5.15. The van der Waals surface area contributed by atoms with E-state index >= 15 is 0 Å². The van der Waals surface area contributed by atoms with Gasteiger partial charge in [0.05, 0.1) is 26.4 Å². The predicted molar refractivity (Wildman–Crippen MR) is 124 cm³/mol. The van der Waals surface area contributed by atoms with Crippen LogP contribution in [-0.2, 0) is 32.2 Å². The van der Waals surface area contributed by atoms with Crippen LogP contribution in [0.3, 0.4) is 0 Å². The molecule has 178 valence electrons. The van der Waals surface area contributed by atoms with Crippen LogP contribution < -0.4 is 11.2 Å². The van der Waals surface area contributed by atoms with Crippen LogP contribution in [0.5, 0.6) is 0 Å². The third kappa shape index (κ3) is 4.50. The Balaban J connectivity index is 1.42. The lowest BCUT2D eigenvalue weighted by molar-refractivity contribution is -0.178. The average molecular weight is 465 g/mol. The Bertz CT molecular complexity index is 1230. The van der Waals surface area contributed by atoms with Crippen LogP contribution in [-0.4, -0.2) is 40.6 Å². The first-order valence-corrected chi connectivity index (χ1v) is 11.4. The van der Waals surface area contributed by atoms with E-state index in [-0.39, 0.29) is 6.61 Å². The molecule has 8 heteroatoms. The number of H-pyrrole nitrogens is 1. The lowest BCUT2D eigenvalue weighted by Gasteiger charge is -2.38. The number of nitrogens with one attached hydrogen (secondary N) is 1.